The number of rotatable bonds is 9. The van der Waals surface area contributed by atoms with Gasteiger partial charge in [-0.25, -0.2) is 4.79 Å². The van der Waals surface area contributed by atoms with Crippen LogP contribution in [0.1, 0.15) is 67.9 Å². The number of phenols is 5. The average Bonchev–Trinajstić information content (AvgIpc) is 1.26. The summed E-state index contributed by atoms with van der Waals surface area (Å²) in [6.45, 7) is 0. The molecule has 28 heteroatoms. The number of hydrogen-bond donors (Lipinski definition) is 11. The first-order chi connectivity index (χ1) is 42.8. The van der Waals surface area contributed by atoms with Crippen LogP contribution in [-0.2, 0) is 51.1 Å². The number of nitrogens with zero attached hydrogens (tertiary/aromatic N) is 1. The number of halogens is 6. The van der Waals surface area contributed by atoms with E-state index in [0.29, 0.717) is 22.0 Å². The van der Waals surface area contributed by atoms with Crippen LogP contribution in [0.25, 0.3) is 22.0 Å². The van der Waals surface area contributed by atoms with E-state index in [1.807, 2.05) is 0 Å². The zero-order valence-corrected chi connectivity index (χ0v) is 51.0. The average molecular weight is 1340 g/mol. The van der Waals surface area contributed by atoms with E-state index < -0.39 is 133 Å². The molecule has 7 aromatic carbocycles. The van der Waals surface area contributed by atoms with E-state index in [1.54, 1.807) is 30.3 Å². The van der Waals surface area contributed by atoms with E-state index in [1.165, 1.54) is 61.8 Å². The van der Waals surface area contributed by atoms with Gasteiger partial charge in [-0.1, -0.05) is 106 Å². The minimum absolute atomic E-state index is 0.00773. The summed E-state index contributed by atoms with van der Waals surface area (Å²) in [5.74, 6) is -11.8. The summed E-state index contributed by atoms with van der Waals surface area (Å²) < 4.78 is 11.4. The van der Waals surface area contributed by atoms with Crippen molar-refractivity contribution in [1.29, 1.82) is 0 Å². The van der Waals surface area contributed by atoms with Gasteiger partial charge in [0.1, 0.15) is 41.7 Å². The van der Waals surface area contributed by atoms with Gasteiger partial charge < -0.3 is 71.5 Å². The highest BCUT2D eigenvalue weighted by atomic mass is 35.5. The van der Waals surface area contributed by atoms with E-state index in [4.69, 9.17) is 79.1 Å². The summed E-state index contributed by atoms with van der Waals surface area (Å²) in [5, 5.41) is 65.1. The van der Waals surface area contributed by atoms with Gasteiger partial charge in [0, 0.05) is 48.1 Å². The lowest BCUT2D eigenvalue weighted by atomic mass is 9.94. The number of methoxy groups -OCH3 is 1. The van der Waals surface area contributed by atoms with Gasteiger partial charge in [0.2, 0.25) is 35.3 Å². The van der Waals surface area contributed by atoms with Crippen LogP contribution < -0.4 is 31.3 Å². The number of ether oxygens (including phenoxy) is 2. The molecule has 11 N–H and O–H groups in total. The van der Waals surface area contributed by atoms with Crippen LogP contribution in [0.5, 0.6) is 40.2 Å². The monoisotopic (exact) mass is 1340 g/mol. The first-order valence-corrected chi connectivity index (χ1v) is 29.0. The molecule has 0 spiro atoms. The van der Waals surface area contributed by atoms with Crippen LogP contribution in [0.2, 0.25) is 30.1 Å². The van der Waals surface area contributed by atoms with E-state index in [-0.39, 0.29) is 72.7 Å². The number of carbonyl (C=O) groups is 8. The molecule has 6 atom stereocenters. The molecule has 0 aliphatic carbocycles. The Morgan fingerprint density at radius 1 is 0.622 bits per heavy atom. The maximum absolute atomic E-state index is 15.8. The number of aromatic hydroxyl groups is 5. The third-order valence-electron chi connectivity index (χ3n) is 15.1. The number of ketones is 1. The normalized spacial score (nSPS) is 18.1. The number of likely N-dealkylation sites (N-methyl/N-ethyl adjacent to an activating group) is 1. The van der Waals surface area contributed by atoms with Crippen molar-refractivity contribution in [3.05, 3.63) is 191 Å². The Labute approximate surface area is 539 Å². The SMILES string of the molecule is COC(=O)C(NC(=O)C1Cc2ccc(cc2)Oc2cc3cc(c2O)-c2ccc4c(c[nH]c4c2)CC(NC(=O)C(=O)c2cc(Cl)c(O)c(Cl)c2)C(=O)NC(c2cc(Cl)c(O)c(Cl)c2)C(=O)NC3C(=O)NC(c2cc(Cl)c(O)c(Cl)c2)C(=O)N1C)c1ccc(O)cc1. The zero-order valence-electron chi connectivity index (χ0n) is 46.5. The predicted molar refractivity (Wildman–Crippen MR) is 330 cm³/mol. The minimum atomic E-state index is -2.06. The lowest BCUT2D eigenvalue weighted by molar-refractivity contribution is -0.147. The highest BCUT2D eigenvalue weighted by Gasteiger charge is 2.40. The molecule has 4 aliphatic rings. The molecule has 90 heavy (non-hydrogen) atoms. The van der Waals surface area contributed by atoms with E-state index in [2.05, 4.69) is 31.6 Å². The van der Waals surface area contributed by atoms with Gasteiger partial charge in [0.05, 0.1) is 37.2 Å². The Morgan fingerprint density at radius 2 is 1.16 bits per heavy atom. The van der Waals surface area contributed by atoms with Crippen LogP contribution in [0, 0.1) is 0 Å². The standard InChI is InChI=1S/C62H47Cl6N7O15/c1-75-45(57(83)74-50(62(88)89-2)26-5-8-33(76)9-6-26)13-25-3-10-34(11-4-25)90-46-23-28-14-36(52(46)78)27-7-12-35-32(24-69-43(35)21-27)22-44(70-60(86)51(77)31-19-41(67)55(81)42(68)20-31)56(82)71-48(29-15-37(63)53(79)38(64)16-29)58(84)72-47(28)59(85)73-49(61(75)87)30-17-39(65)54(80)40(66)18-30/h3-12,14-21,23-24,44-45,47-50,69,76,78-81H,13,22H2,1-2H3,(H,70,86)(H,71,82)(H,72,84)(H,73,85)(H,74,83). The molecule has 6 unspecified atom stereocenters. The van der Waals surface area contributed by atoms with E-state index in [9.17, 15) is 44.7 Å². The fourth-order valence-corrected chi connectivity index (χ4v) is 11.8. The molecule has 0 saturated heterocycles. The fraction of sp³-hybridized carbons (Fsp3) is 0.161. The number of aromatic nitrogens is 1. The van der Waals surface area contributed by atoms with Crippen molar-refractivity contribution in [3.8, 4) is 51.4 Å². The van der Waals surface area contributed by atoms with Gasteiger partial charge in [-0.05, 0) is 118 Å². The molecule has 6 amide bonds. The fourth-order valence-electron chi connectivity index (χ4n) is 10.3. The molecule has 0 radical (unpaired) electrons. The van der Waals surface area contributed by atoms with Crippen LogP contribution in [0.15, 0.2) is 121 Å². The van der Waals surface area contributed by atoms with Crippen LogP contribution in [0.4, 0.5) is 0 Å². The summed E-state index contributed by atoms with van der Waals surface area (Å²) in [6, 6.07) is 14.3. The lowest BCUT2D eigenvalue weighted by Crippen LogP contribution is -2.55. The number of hydrogen-bond acceptors (Lipinski definition) is 15. The summed E-state index contributed by atoms with van der Waals surface area (Å²) in [5.41, 5.74) is 0.707. The van der Waals surface area contributed by atoms with Crippen molar-refractivity contribution in [1.82, 2.24) is 36.5 Å². The van der Waals surface area contributed by atoms with Crippen LogP contribution in [-0.4, -0.2) is 109 Å². The number of Topliss-reactive ketones (excluding diaryl/α,β-unsaturated/α-hetero) is 1. The molecular formula is C62H47Cl6N7O15. The Kier molecular flexibility index (Phi) is 18.3. The summed E-state index contributed by atoms with van der Waals surface area (Å²) in [7, 11) is 2.32. The molecule has 12 rings (SSSR count). The third-order valence-corrected chi connectivity index (χ3v) is 16.8. The van der Waals surface area contributed by atoms with Gasteiger partial charge in [-0.15, -0.1) is 0 Å². The Hall–Kier alpha value is -9.42. The molecule has 5 heterocycles. The largest absolute Gasteiger partial charge is 0.508 e. The summed E-state index contributed by atoms with van der Waals surface area (Å²) >= 11 is 38.1. The topological polar surface area (TPSA) is 335 Å². The number of esters is 1. The molecule has 9 bridgehead atoms. The second-order valence-corrected chi connectivity index (χ2v) is 23.2. The first kappa shape index (κ1) is 63.6. The summed E-state index contributed by atoms with van der Waals surface area (Å²) in [4.78, 5) is 122. The first-order valence-electron chi connectivity index (χ1n) is 26.8. The van der Waals surface area contributed by atoms with Crippen LogP contribution in [0.3, 0.4) is 0 Å². The quantitative estimate of drug-likeness (QED) is 0.0364. The number of carbonyl (C=O) groups excluding carboxylic acids is 8. The highest BCUT2D eigenvalue weighted by Crippen LogP contribution is 2.45. The van der Waals surface area contributed by atoms with E-state index in [0.717, 1.165) is 48.4 Å². The number of benzene rings is 7. The third kappa shape index (κ3) is 13.0. The highest BCUT2D eigenvalue weighted by molar-refractivity contribution is 6.45. The van der Waals surface area contributed by atoms with E-state index >= 15 is 19.2 Å². The zero-order chi connectivity index (χ0) is 64.7. The lowest BCUT2D eigenvalue weighted by Gasteiger charge is -2.33. The number of nitrogens with one attached hydrogen (secondary N) is 6. The van der Waals surface area contributed by atoms with Gasteiger partial charge in [-0.2, -0.15) is 0 Å². The van der Waals surface area contributed by atoms with Crippen molar-refractivity contribution in [2.75, 3.05) is 14.2 Å². The molecule has 4 aliphatic heterocycles. The van der Waals surface area contributed by atoms with Gasteiger partial charge >= 0.3 is 5.97 Å². The number of fused-ring (bicyclic) bond motifs is 15. The minimum Gasteiger partial charge on any atom is -0.508 e. The maximum atomic E-state index is 15.8. The second kappa shape index (κ2) is 26.0. The number of H-pyrrole nitrogens is 1. The van der Waals surface area contributed by atoms with Gasteiger partial charge in [0.15, 0.2) is 34.8 Å². The van der Waals surface area contributed by atoms with Crippen molar-refractivity contribution < 1.29 is 73.4 Å². The Morgan fingerprint density at radius 3 is 1.73 bits per heavy atom. The molecule has 462 valence electrons. The van der Waals surface area contributed by atoms with Gasteiger partial charge in [-0.3, -0.25) is 33.6 Å². The molecule has 22 nitrogen and oxygen atoms in total. The molecule has 0 saturated carbocycles. The number of amides is 6. The summed E-state index contributed by atoms with van der Waals surface area (Å²) in [6.07, 6.45) is 0.837. The Bertz CT molecular complexity index is 4230. The number of aromatic amines is 1. The van der Waals surface area contributed by atoms with Crippen molar-refractivity contribution in [2.45, 2.75) is 49.1 Å². The van der Waals surface area contributed by atoms with Crippen molar-refractivity contribution in [2.24, 2.45) is 0 Å². The molecule has 0 fully saturated rings. The smallest absolute Gasteiger partial charge is 0.333 e. The Balaban J connectivity index is 1.15. The number of phenolic OH excluding ortho intramolecular Hbond substituents is 5. The molecule has 1 aromatic heterocycles. The maximum Gasteiger partial charge on any atom is 0.333 e. The second-order valence-electron chi connectivity index (χ2n) is 20.8. The van der Waals surface area contributed by atoms with Crippen LogP contribution >= 0.6 is 69.6 Å². The predicted octanol–water partition coefficient (Wildman–Crippen LogP) is 9.29. The van der Waals surface area contributed by atoms with Gasteiger partial charge in [0.25, 0.3) is 5.91 Å². The van der Waals surface area contributed by atoms with Crippen molar-refractivity contribution in [3.63, 3.8) is 0 Å². The van der Waals surface area contributed by atoms with Crippen molar-refractivity contribution >= 4 is 128 Å². The molecular weight excluding hydrogens is 1300 g/mol. The molecule has 8 aromatic rings.